The van der Waals surface area contributed by atoms with E-state index < -0.39 is 0 Å². The van der Waals surface area contributed by atoms with Gasteiger partial charge in [-0.3, -0.25) is 14.5 Å². The second kappa shape index (κ2) is 8.34. The molecule has 4 rings (SSSR count). The number of amides is 2. The van der Waals surface area contributed by atoms with Gasteiger partial charge in [0.15, 0.2) is 5.76 Å². The Hall–Kier alpha value is -2.71. The number of halogens is 2. The molecule has 1 N–H and O–H groups in total. The number of piperazine rings is 1. The molecule has 1 saturated heterocycles. The van der Waals surface area contributed by atoms with Crippen molar-refractivity contribution >= 4 is 44.4 Å². The molecule has 0 atom stereocenters. The molecule has 2 aromatic carbocycles. The van der Waals surface area contributed by atoms with Crippen LogP contribution in [0, 0.1) is 5.82 Å². The maximum Gasteiger partial charge on any atom is 0.289 e. The van der Waals surface area contributed by atoms with Crippen molar-refractivity contribution in [2.75, 3.05) is 38.0 Å². The van der Waals surface area contributed by atoms with Gasteiger partial charge < -0.3 is 14.6 Å². The fourth-order valence-corrected chi connectivity index (χ4v) is 3.80. The number of anilines is 1. The first-order chi connectivity index (χ1) is 14.0. The van der Waals surface area contributed by atoms with Gasteiger partial charge in [-0.25, -0.2) is 4.39 Å². The van der Waals surface area contributed by atoms with E-state index in [2.05, 4.69) is 21.2 Å². The molecule has 0 saturated carbocycles. The zero-order chi connectivity index (χ0) is 20.4. The highest BCUT2D eigenvalue weighted by Crippen LogP contribution is 2.27. The van der Waals surface area contributed by atoms with Gasteiger partial charge in [0.1, 0.15) is 11.4 Å². The Morgan fingerprint density at radius 1 is 1.07 bits per heavy atom. The molecule has 150 valence electrons. The average molecular weight is 460 g/mol. The number of nitrogens with zero attached hydrogens (tertiary/aromatic N) is 2. The number of hydrogen-bond donors (Lipinski definition) is 1. The van der Waals surface area contributed by atoms with Crippen LogP contribution >= 0.6 is 15.9 Å². The smallest absolute Gasteiger partial charge is 0.289 e. The number of fused-ring (bicyclic) bond motifs is 1. The zero-order valence-electron chi connectivity index (χ0n) is 15.5. The molecule has 0 spiro atoms. The summed E-state index contributed by atoms with van der Waals surface area (Å²) >= 11 is 3.43. The maximum absolute atomic E-state index is 12.9. The Morgan fingerprint density at radius 3 is 2.48 bits per heavy atom. The van der Waals surface area contributed by atoms with Crippen LogP contribution in [0.2, 0.25) is 0 Å². The van der Waals surface area contributed by atoms with E-state index in [-0.39, 0.29) is 24.2 Å². The number of hydrogen-bond acceptors (Lipinski definition) is 4. The van der Waals surface area contributed by atoms with Gasteiger partial charge in [0.25, 0.3) is 5.91 Å². The lowest BCUT2D eigenvalue weighted by atomic mass is 10.2. The van der Waals surface area contributed by atoms with Crippen LogP contribution in [0.5, 0.6) is 0 Å². The fourth-order valence-electron chi connectivity index (χ4n) is 3.33. The second-order valence-electron chi connectivity index (χ2n) is 6.89. The lowest BCUT2D eigenvalue weighted by Gasteiger charge is -2.33. The summed E-state index contributed by atoms with van der Waals surface area (Å²) < 4.78 is 19.5. The van der Waals surface area contributed by atoms with E-state index >= 15 is 0 Å². The molecular formula is C21H19BrFN3O3. The van der Waals surface area contributed by atoms with Crippen LogP contribution in [0.15, 0.2) is 57.4 Å². The number of rotatable bonds is 4. The van der Waals surface area contributed by atoms with Crippen molar-refractivity contribution in [2.24, 2.45) is 0 Å². The summed E-state index contributed by atoms with van der Waals surface area (Å²) in [7, 11) is 0. The highest BCUT2D eigenvalue weighted by molar-refractivity contribution is 9.10. The highest BCUT2D eigenvalue weighted by Gasteiger charge is 2.25. The number of carbonyl (C=O) groups is 2. The van der Waals surface area contributed by atoms with Gasteiger partial charge in [-0.2, -0.15) is 0 Å². The minimum atomic E-state index is -0.347. The highest BCUT2D eigenvalue weighted by atomic mass is 79.9. The second-order valence-corrected chi connectivity index (χ2v) is 7.75. The van der Waals surface area contributed by atoms with E-state index in [9.17, 15) is 14.0 Å². The van der Waals surface area contributed by atoms with Gasteiger partial charge in [0.2, 0.25) is 5.91 Å². The number of carbonyl (C=O) groups excluding carboxylic acids is 2. The van der Waals surface area contributed by atoms with Crippen LogP contribution in [0.3, 0.4) is 0 Å². The van der Waals surface area contributed by atoms with Crippen LogP contribution in [0.4, 0.5) is 10.1 Å². The summed E-state index contributed by atoms with van der Waals surface area (Å²) in [6.07, 6.45) is 0. The number of nitrogens with one attached hydrogen (secondary N) is 1. The van der Waals surface area contributed by atoms with E-state index in [1.54, 1.807) is 11.0 Å². The predicted molar refractivity (Wildman–Crippen MR) is 111 cm³/mol. The fraction of sp³-hybridized carbons (Fsp3) is 0.238. The molecule has 6 nitrogen and oxygen atoms in total. The lowest BCUT2D eigenvalue weighted by molar-refractivity contribution is -0.117. The molecule has 1 aliphatic heterocycles. The largest absolute Gasteiger partial charge is 0.450 e. The predicted octanol–water partition coefficient (Wildman–Crippen LogP) is 3.73. The zero-order valence-corrected chi connectivity index (χ0v) is 17.1. The molecule has 8 heteroatoms. The molecule has 1 aliphatic rings. The molecule has 2 amide bonds. The summed E-state index contributed by atoms with van der Waals surface area (Å²) in [6, 6.07) is 13.1. The summed E-state index contributed by atoms with van der Waals surface area (Å²) in [4.78, 5) is 28.7. The third-order valence-corrected chi connectivity index (χ3v) is 5.49. The molecule has 1 aromatic heterocycles. The first-order valence-corrected chi connectivity index (χ1v) is 10.0. The van der Waals surface area contributed by atoms with Crippen LogP contribution in [0.25, 0.3) is 11.0 Å². The van der Waals surface area contributed by atoms with E-state index in [0.29, 0.717) is 43.2 Å². The number of benzene rings is 2. The van der Waals surface area contributed by atoms with Crippen LogP contribution in [0.1, 0.15) is 10.6 Å². The Balaban J connectivity index is 1.31. The quantitative estimate of drug-likeness (QED) is 0.645. The molecule has 29 heavy (non-hydrogen) atoms. The maximum atomic E-state index is 12.9. The van der Waals surface area contributed by atoms with E-state index in [1.165, 1.54) is 24.3 Å². The third-order valence-electron chi connectivity index (χ3n) is 4.86. The minimum Gasteiger partial charge on any atom is -0.450 e. The monoisotopic (exact) mass is 459 g/mol. The van der Waals surface area contributed by atoms with Crippen molar-refractivity contribution in [3.63, 3.8) is 0 Å². The van der Waals surface area contributed by atoms with Crippen molar-refractivity contribution in [3.05, 3.63) is 64.6 Å². The first-order valence-electron chi connectivity index (χ1n) is 9.25. The Bertz CT molecular complexity index is 1040. The van der Waals surface area contributed by atoms with Gasteiger partial charge >= 0.3 is 0 Å². The molecule has 0 unspecified atom stereocenters. The molecule has 0 aliphatic carbocycles. The van der Waals surface area contributed by atoms with Crippen molar-refractivity contribution in [3.8, 4) is 0 Å². The van der Waals surface area contributed by atoms with Gasteiger partial charge in [-0.15, -0.1) is 0 Å². The molecule has 0 bridgehead atoms. The van der Waals surface area contributed by atoms with Crippen LogP contribution in [-0.2, 0) is 4.79 Å². The SMILES string of the molecule is O=C(CN1CCN(C(=O)c2cc3cccc(Br)c3o2)CC1)Nc1ccc(F)cc1. The topological polar surface area (TPSA) is 65.8 Å². The van der Waals surface area contributed by atoms with Crippen LogP contribution < -0.4 is 5.32 Å². The summed E-state index contributed by atoms with van der Waals surface area (Å²) in [5, 5.41) is 3.62. The van der Waals surface area contributed by atoms with Gasteiger partial charge in [0.05, 0.1) is 11.0 Å². The molecular weight excluding hydrogens is 441 g/mol. The first kappa shape index (κ1) is 19.6. The summed E-state index contributed by atoms with van der Waals surface area (Å²) in [5.41, 5.74) is 1.22. The van der Waals surface area contributed by atoms with Crippen LogP contribution in [-0.4, -0.2) is 54.3 Å². The van der Waals surface area contributed by atoms with Crippen molar-refractivity contribution in [1.82, 2.24) is 9.80 Å². The van der Waals surface area contributed by atoms with E-state index in [4.69, 9.17) is 4.42 Å². The molecule has 2 heterocycles. The van der Waals surface area contributed by atoms with Gasteiger partial charge in [-0.1, -0.05) is 12.1 Å². The molecule has 0 radical (unpaired) electrons. The average Bonchev–Trinajstić information content (AvgIpc) is 3.15. The van der Waals surface area contributed by atoms with Crippen molar-refractivity contribution < 1.29 is 18.4 Å². The van der Waals surface area contributed by atoms with Gasteiger partial charge in [0, 0.05) is 37.3 Å². The Kier molecular flexibility index (Phi) is 5.64. The van der Waals surface area contributed by atoms with E-state index in [0.717, 1.165) is 9.86 Å². The third kappa shape index (κ3) is 4.49. The summed E-state index contributed by atoms with van der Waals surface area (Å²) in [5.74, 6) is -0.350. The van der Waals surface area contributed by atoms with Crippen molar-refractivity contribution in [1.29, 1.82) is 0 Å². The summed E-state index contributed by atoms with van der Waals surface area (Å²) in [6.45, 7) is 2.43. The Morgan fingerprint density at radius 2 is 1.79 bits per heavy atom. The minimum absolute atomic E-state index is 0.150. The number of furan rings is 1. The van der Waals surface area contributed by atoms with E-state index in [1.807, 2.05) is 23.1 Å². The number of para-hydroxylation sites is 1. The Labute approximate surface area is 175 Å². The van der Waals surface area contributed by atoms with Crippen molar-refractivity contribution in [2.45, 2.75) is 0 Å². The lowest BCUT2D eigenvalue weighted by Crippen LogP contribution is -2.50. The molecule has 1 fully saturated rings. The standard InChI is InChI=1S/C21H19BrFN3O3/c22-17-3-1-2-14-12-18(29-20(14)17)21(28)26-10-8-25(9-11-26)13-19(27)24-16-6-4-15(23)5-7-16/h1-7,12H,8-11,13H2,(H,24,27). The molecule has 3 aromatic rings. The normalized spacial score (nSPS) is 14.9. The van der Waals surface area contributed by atoms with Gasteiger partial charge in [-0.05, 0) is 52.3 Å².